The van der Waals surface area contributed by atoms with Crippen molar-refractivity contribution in [2.45, 2.75) is 77.7 Å². The van der Waals surface area contributed by atoms with E-state index in [0.29, 0.717) is 0 Å². The first-order chi connectivity index (χ1) is 9.86. The standard InChI is InChI=1S/C18H29N2/c1-2-3-4-5-6-7-8-9-10-11-14-20-15-12-18(17-19)13-16-20/h12-13,15-16H,2-11,14H2,1H3/q+1. The van der Waals surface area contributed by atoms with Crippen LogP contribution in [0, 0.1) is 11.3 Å². The molecule has 0 saturated heterocycles. The summed E-state index contributed by atoms with van der Waals surface area (Å²) in [4.78, 5) is 0. The van der Waals surface area contributed by atoms with Crippen molar-refractivity contribution in [1.82, 2.24) is 0 Å². The molecule has 0 aromatic carbocycles. The lowest BCUT2D eigenvalue weighted by molar-refractivity contribution is -0.697. The van der Waals surface area contributed by atoms with Crippen molar-refractivity contribution < 1.29 is 4.57 Å². The molecule has 0 unspecified atom stereocenters. The lowest BCUT2D eigenvalue weighted by Gasteiger charge is -2.01. The molecule has 0 aliphatic carbocycles. The van der Waals surface area contributed by atoms with Gasteiger partial charge in [-0.1, -0.05) is 58.3 Å². The lowest BCUT2D eigenvalue weighted by Crippen LogP contribution is -2.32. The molecule has 0 amide bonds. The second-order valence-electron chi connectivity index (χ2n) is 5.62. The number of aromatic nitrogens is 1. The number of hydrogen-bond donors (Lipinski definition) is 0. The molecule has 1 rings (SSSR count). The third kappa shape index (κ3) is 7.94. The summed E-state index contributed by atoms with van der Waals surface area (Å²) in [5.41, 5.74) is 0.740. The highest BCUT2D eigenvalue weighted by Crippen LogP contribution is 2.10. The van der Waals surface area contributed by atoms with E-state index in [4.69, 9.17) is 5.26 Å². The van der Waals surface area contributed by atoms with Gasteiger partial charge in [0.25, 0.3) is 0 Å². The molecule has 0 fully saturated rings. The Hall–Kier alpha value is -1.36. The largest absolute Gasteiger partial charge is 0.205 e. The highest BCUT2D eigenvalue weighted by atomic mass is 14.9. The summed E-state index contributed by atoms with van der Waals surface area (Å²) >= 11 is 0. The van der Waals surface area contributed by atoms with Crippen LogP contribution >= 0.6 is 0 Å². The van der Waals surface area contributed by atoms with E-state index in [2.05, 4.69) is 17.6 Å². The highest BCUT2D eigenvalue weighted by Gasteiger charge is 2.00. The number of rotatable bonds is 11. The molecule has 20 heavy (non-hydrogen) atoms. The molecule has 0 spiro atoms. The minimum atomic E-state index is 0.740. The molecule has 0 radical (unpaired) electrons. The molecule has 1 heterocycles. The normalized spacial score (nSPS) is 10.4. The molecule has 2 nitrogen and oxygen atoms in total. The maximum atomic E-state index is 8.73. The third-order valence-corrected chi connectivity index (χ3v) is 3.79. The predicted octanol–water partition coefficient (Wildman–Crippen LogP) is 4.77. The van der Waals surface area contributed by atoms with Crippen LogP contribution in [-0.2, 0) is 6.54 Å². The van der Waals surface area contributed by atoms with Gasteiger partial charge in [-0.15, -0.1) is 0 Å². The number of nitrogens with zero attached hydrogens (tertiary/aromatic N) is 2. The van der Waals surface area contributed by atoms with Gasteiger partial charge in [-0.05, 0) is 6.42 Å². The molecule has 0 aliphatic rings. The number of nitriles is 1. The first kappa shape index (κ1) is 16.7. The number of aryl methyl sites for hydroxylation is 1. The fraction of sp³-hybridized carbons (Fsp3) is 0.667. The summed E-state index contributed by atoms with van der Waals surface area (Å²) in [6.07, 6.45) is 17.8. The van der Waals surface area contributed by atoms with E-state index in [0.717, 1.165) is 12.1 Å². The Morgan fingerprint density at radius 1 is 0.850 bits per heavy atom. The van der Waals surface area contributed by atoms with Crippen LogP contribution in [0.2, 0.25) is 0 Å². The van der Waals surface area contributed by atoms with Crippen molar-refractivity contribution in [1.29, 1.82) is 5.26 Å². The zero-order valence-electron chi connectivity index (χ0n) is 13.0. The predicted molar refractivity (Wildman–Crippen MR) is 83.2 cm³/mol. The molecular formula is C18H29N2+. The molecule has 0 saturated carbocycles. The van der Waals surface area contributed by atoms with Gasteiger partial charge in [0.15, 0.2) is 12.4 Å². The van der Waals surface area contributed by atoms with Gasteiger partial charge in [-0.2, -0.15) is 5.26 Å². The smallest absolute Gasteiger partial charge is 0.170 e. The van der Waals surface area contributed by atoms with Crippen molar-refractivity contribution >= 4 is 0 Å². The summed E-state index contributed by atoms with van der Waals surface area (Å²) in [6, 6.07) is 5.92. The minimum absolute atomic E-state index is 0.740. The van der Waals surface area contributed by atoms with Crippen LogP contribution < -0.4 is 4.57 Å². The Bertz CT molecular complexity index is 375. The van der Waals surface area contributed by atoms with Gasteiger partial charge >= 0.3 is 0 Å². The fourth-order valence-electron chi connectivity index (χ4n) is 2.46. The van der Waals surface area contributed by atoms with Crippen molar-refractivity contribution in [3.05, 3.63) is 30.1 Å². The average Bonchev–Trinajstić information content (AvgIpc) is 2.50. The van der Waals surface area contributed by atoms with Crippen LogP contribution in [0.1, 0.15) is 76.7 Å². The number of pyridine rings is 1. The van der Waals surface area contributed by atoms with Crippen LogP contribution in [0.4, 0.5) is 0 Å². The van der Waals surface area contributed by atoms with Gasteiger partial charge in [0.05, 0.1) is 11.6 Å². The maximum Gasteiger partial charge on any atom is 0.170 e. The van der Waals surface area contributed by atoms with Crippen molar-refractivity contribution in [2.24, 2.45) is 0 Å². The second-order valence-corrected chi connectivity index (χ2v) is 5.62. The monoisotopic (exact) mass is 273 g/mol. The van der Waals surface area contributed by atoms with Crippen LogP contribution in [0.3, 0.4) is 0 Å². The highest BCUT2D eigenvalue weighted by molar-refractivity contribution is 5.23. The van der Waals surface area contributed by atoms with Crippen LogP contribution in [0.25, 0.3) is 0 Å². The summed E-state index contributed by atoms with van der Waals surface area (Å²) in [7, 11) is 0. The summed E-state index contributed by atoms with van der Waals surface area (Å²) in [6.45, 7) is 3.34. The Morgan fingerprint density at radius 2 is 1.35 bits per heavy atom. The van der Waals surface area contributed by atoms with E-state index in [9.17, 15) is 0 Å². The summed E-state index contributed by atoms with van der Waals surface area (Å²) in [5, 5.41) is 8.73. The van der Waals surface area contributed by atoms with Gasteiger partial charge in [-0.25, -0.2) is 4.57 Å². The van der Waals surface area contributed by atoms with Crippen LogP contribution in [-0.4, -0.2) is 0 Å². The molecule has 1 aromatic rings. The van der Waals surface area contributed by atoms with E-state index in [1.807, 2.05) is 24.5 Å². The zero-order valence-corrected chi connectivity index (χ0v) is 13.0. The van der Waals surface area contributed by atoms with E-state index in [1.54, 1.807) is 0 Å². The van der Waals surface area contributed by atoms with Crippen molar-refractivity contribution in [3.8, 4) is 6.07 Å². The molecule has 0 atom stereocenters. The SMILES string of the molecule is CCCCCCCCCCCC[n+]1ccc(C#N)cc1. The molecule has 110 valence electrons. The van der Waals surface area contributed by atoms with Crippen LogP contribution in [0.15, 0.2) is 24.5 Å². The van der Waals surface area contributed by atoms with E-state index < -0.39 is 0 Å². The lowest BCUT2D eigenvalue weighted by atomic mass is 10.1. The first-order valence-corrected chi connectivity index (χ1v) is 8.26. The molecular weight excluding hydrogens is 244 g/mol. The van der Waals surface area contributed by atoms with Gasteiger partial charge in [0, 0.05) is 18.6 Å². The number of hydrogen-bond acceptors (Lipinski definition) is 1. The minimum Gasteiger partial charge on any atom is -0.205 e. The number of unbranched alkanes of at least 4 members (excludes halogenated alkanes) is 9. The Labute approximate surface area is 124 Å². The van der Waals surface area contributed by atoms with Gasteiger partial charge in [-0.3, -0.25) is 0 Å². The average molecular weight is 273 g/mol. The Morgan fingerprint density at radius 3 is 1.85 bits per heavy atom. The maximum absolute atomic E-state index is 8.73. The van der Waals surface area contributed by atoms with Crippen LogP contribution in [0.5, 0.6) is 0 Å². The molecule has 2 heteroatoms. The summed E-state index contributed by atoms with van der Waals surface area (Å²) in [5.74, 6) is 0. The van der Waals surface area contributed by atoms with Gasteiger partial charge in [0.2, 0.25) is 0 Å². The first-order valence-electron chi connectivity index (χ1n) is 8.26. The Kier molecular flexibility index (Phi) is 9.57. The van der Waals surface area contributed by atoms with Crippen molar-refractivity contribution in [3.63, 3.8) is 0 Å². The van der Waals surface area contributed by atoms with Gasteiger partial charge < -0.3 is 0 Å². The Balaban J connectivity index is 1.93. The van der Waals surface area contributed by atoms with Crippen molar-refractivity contribution in [2.75, 3.05) is 0 Å². The summed E-state index contributed by atoms with van der Waals surface area (Å²) < 4.78 is 2.17. The van der Waals surface area contributed by atoms with E-state index >= 15 is 0 Å². The van der Waals surface area contributed by atoms with E-state index in [-0.39, 0.29) is 0 Å². The topological polar surface area (TPSA) is 27.7 Å². The molecule has 0 aliphatic heterocycles. The molecule has 1 aromatic heterocycles. The quantitative estimate of drug-likeness (QED) is 0.421. The second kappa shape index (κ2) is 11.5. The zero-order chi connectivity index (χ0) is 14.5. The van der Waals surface area contributed by atoms with E-state index in [1.165, 1.54) is 64.2 Å². The third-order valence-electron chi connectivity index (χ3n) is 3.79. The molecule has 0 N–H and O–H groups in total. The fourth-order valence-corrected chi connectivity index (χ4v) is 2.46. The van der Waals surface area contributed by atoms with Gasteiger partial charge in [0.1, 0.15) is 6.54 Å². The molecule has 0 bridgehead atoms.